The normalized spacial score (nSPS) is 16.3. The molecule has 0 saturated carbocycles. The molecule has 1 saturated heterocycles. The number of ether oxygens (including phenoxy) is 2. The van der Waals surface area contributed by atoms with Gasteiger partial charge in [-0.1, -0.05) is 0 Å². The van der Waals surface area contributed by atoms with E-state index in [0.717, 1.165) is 19.6 Å². The Kier molecular flexibility index (Phi) is 7.99. The first-order chi connectivity index (χ1) is 11.5. The fourth-order valence-corrected chi connectivity index (χ4v) is 2.64. The highest BCUT2D eigenvalue weighted by atomic mass is 16.6. The molecule has 0 aromatic heterocycles. The van der Waals surface area contributed by atoms with E-state index in [9.17, 15) is 9.59 Å². The zero-order chi connectivity index (χ0) is 19.2. The molecule has 146 valence electrons. The molecule has 2 amide bonds. The van der Waals surface area contributed by atoms with Crippen LogP contribution in [-0.2, 0) is 9.47 Å². The molecule has 0 aromatic carbocycles. The van der Waals surface area contributed by atoms with Crippen LogP contribution in [0.15, 0.2) is 0 Å². The van der Waals surface area contributed by atoms with Crippen LogP contribution in [0.4, 0.5) is 9.59 Å². The van der Waals surface area contributed by atoms with Crippen LogP contribution < -0.4 is 0 Å². The highest BCUT2D eigenvalue weighted by Gasteiger charge is 2.29. The molecule has 7 nitrogen and oxygen atoms in total. The average Bonchev–Trinajstić information content (AvgIpc) is 2.45. The van der Waals surface area contributed by atoms with Crippen molar-refractivity contribution in [1.82, 2.24) is 14.7 Å². The topological polar surface area (TPSA) is 62.3 Å². The van der Waals surface area contributed by atoms with Crippen molar-refractivity contribution in [2.45, 2.75) is 66.2 Å². The molecule has 7 heteroatoms. The molecule has 0 N–H and O–H groups in total. The second kappa shape index (κ2) is 9.27. The summed E-state index contributed by atoms with van der Waals surface area (Å²) < 4.78 is 10.6. The Balaban J connectivity index is 2.48. The minimum atomic E-state index is -0.297. The second-order valence-corrected chi connectivity index (χ2v) is 8.02. The molecule has 0 bridgehead atoms. The van der Waals surface area contributed by atoms with Gasteiger partial charge >= 0.3 is 12.2 Å². The average molecular weight is 357 g/mol. The molecule has 1 fully saturated rings. The van der Waals surface area contributed by atoms with E-state index in [0.29, 0.717) is 19.6 Å². The van der Waals surface area contributed by atoms with Gasteiger partial charge in [-0.15, -0.1) is 0 Å². The summed E-state index contributed by atoms with van der Waals surface area (Å²) >= 11 is 0. The maximum atomic E-state index is 12.3. The van der Waals surface area contributed by atoms with Gasteiger partial charge in [-0.25, -0.2) is 9.59 Å². The van der Waals surface area contributed by atoms with Gasteiger partial charge in [0.1, 0.15) is 0 Å². The summed E-state index contributed by atoms with van der Waals surface area (Å²) in [5, 5.41) is 0. The fourth-order valence-electron chi connectivity index (χ4n) is 2.64. The molecule has 1 aliphatic heterocycles. The van der Waals surface area contributed by atoms with Crippen molar-refractivity contribution in [2.75, 3.05) is 39.3 Å². The maximum absolute atomic E-state index is 12.3. The molecule has 0 aliphatic carbocycles. The van der Waals surface area contributed by atoms with Crippen LogP contribution in [0.2, 0.25) is 0 Å². The standard InChI is InChI=1S/C18H35N3O4/c1-14(2)24-16(22)20-11-8-19(9-12-20)10-13-21(18(5,6)7)17(23)25-15(3)4/h14-15H,8-13H2,1-7H3. The molecule has 0 unspecified atom stereocenters. The Morgan fingerprint density at radius 3 is 1.92 bits per heavy atom. The van der Waals surface area contributed by atoms with Gasteiger partial charge in [0.25, 0.3) is 0 Å². The summed E-state index contributed by atoms with van der Waals surface area (Å²) in [6.45, 7) is 17.7. The number of hydrogen-bond donors (Lipinski definition) is 0. The van der Waals surface area contributed by atoms with Crippen LogP contribution >= 0.6 is 0 Å². The van der Waals surface area contributed by atoms with Crippen LogP contribution in [0.25, 0.3) is 0 Å². The summed E-state index contributed by atoms with van der Waals surface area (Å²) in [7, 11) is 0. The van der Waals surface area contributed by atoms with Crippen LogP contribution in [0.5, 0.6) is 0 Å². The Morgan fingerprint density at radius 2 is 1.48 bits per heavy atom. The predicted octanol–water partition coefficient (Wildman–Crippen LogP) is 2.79. The molecule has 1 rings (SSSR count). The van der Waals surface area contributed by atoms with Crippen molar-refractivity contribution in [3.05, 3.63) is 0 Å². The van der Waals surface area contributed by atoms with Crippen LogP contribution in [-0.4, -0.2) is 83.9 Å². The minimum Gasteiger partial charge on any atom is -0.447 e. The van der Waals surface area contributed by atoms with Crippen LogP contribution in [0.1, 0.15) is 48.5 Å². The molecule has 0 spiro atoms. The van der Waals surface area contributed by atoms with Crippen molar-refractivity contribution in [3.63, 3.8) is 0 Å². The largest absolute Gasteiger partial charge is 0.447 e. The first-order valence-electron chi connectivity index (χ1n) is 9.17. The van der Waals surface area contributed by atoms with E-state index in [-0.39, 0.29) is 29.9 Å². The van der Waals surface area contributed by atoms with Gasteiger partial charge < -0.3 is 19.3 Å². The number of nitrogens with zero attached hydrogens (tertiary/aromatic N) is 3. The van der Waals surface area contributed by atoms with Crippen LogP contribution in [0.3, 0.4) is 0 Å². The quantitative estimate of drug-likeness (QED) is 0.757. The molecule has 25 heavy (non-hydrogen) atoms. The third kappa shape index (κ3) is 7.50. The summed E-state index contributed by atoms with van der Waals surface area (Å²) in [6.07, 6.45) is -0.751. The fraction of sp³-hybridized carbons (Fsp3) is 0.889. The van der Waals surface area contributed by atoms with Gasteiger partial charge in [0.05, 0.1) is 12.2 Å². The van der Waals surface area contributed by atoms with Gasteiger partial charge in [0, 0.05) is 44.8 Å². The molecule has 0 radical (unpaired) electrons. The van der Waals surface area contributed by atoms with Gasteiger partial charge in [-0.2, -0.15) is 0 Å². The lowest BCUT2D eigenvalue weighted by Crippen LogP contribution is -2.53. The Labute approximate surface area is 152 Å². The number of hydrogen-bond acceptors (Lipinski definition) is 5. The lowest BCUT2D eigenvalue weighted by atomic mass is 10.1. The molecule has 1 heterocycles. The Morgan fingerprint density at radius 1 is 0.960 bits per heavy atom. The zero-order valence-corrected chi connectivity index (χ0v) is 16.9. The van der Waals surface area contributed by atoms with Crippen molar-refractivity contribution in [3.8, 4) is 0 Å². The van der Waals surface area contributed by atoms with Gasteiger partial charge in [0.2, 0.25) is 0 Å². The predicted molar refractivity (Wildman–Crippen MR) is 97.7 cm³/mol. The smallest absolute Gasteiger partial charge is 0.410 e. The summed E-state index contributed by atoms with van der Waals surface area (Å²) in [5.41, 5.74) is -0.297. The first-order valence-corrected chi connectivity index (χ1v) is 9.17. The van der Waals surface area contributed by atoms with E-state index in [1.54, 1.807) is 9.80 Å². The zero-order valence-electron chi connectivity index (χ0n) is 16.9. The molecule has 0 atom stereocenters. The van der Waals surface area contributed by atoms with Crippen molar-refractivity contribution >= 4 is 12.2 Å². The van der Waals surface area contributed by atoms with Crippen molar-refractivity contribution in [1.29, 1.82) is 0 Å². The maximum Gasteiger partial charge on any atom is 0.410 e. The van der Waals surface area contributed by atoms with E-state index in [1.807, 2.05) is 48.5 Å². The summed E-state index contributed by atoms with van der Waals surface area (Å²) in [6, 6.07) is 0. The number of amides is 2. The number of piperazine rings is 1. The molecular weight excluding hydrogens is 322 g/mol. The lowest BCUT2D eigenvalue weighted by molar-refractivity contribution is 0.0361. The van der Waals surface area contributed by atoms with E-state index in [1.165, 1.54) is 0 Å². The second-order valence-electron chi connectivity index (χ2n) is 8.02. The van der Waals surface area contributed by atoms with E-state index >= 15 is 0 Å². The molecule has 1 aliphatic rings. The lowest BCUT2D eigenvalue weighted by Gasteiger charge is -2.39. The highest BCUT2D eigenvalue weighted by molar-refractivity contribution is 5.69. The molecular formula is C18H35N3O4. The number of carbonyl (C=O) groups is 2. The summed E-state index contributed by atoms with van der Waals surface area (Å²) in [5.74, 6) is 0. The van der Waals surface area contributed by atoms with Crippen molar-refractivity contribution < 1.29 is 19.1 Å². The monoisotopic (exact) mass is 357 g/mol. The Bertz CT molecular complexity index is 438. The minimum absolute atomic E-state index is 0.0992. The third-order valence-corrected chi connectivity index (χ3v) is 3.97. The number of carbonyl (C=O) groups excluding carboxylic acids is 2. The van der Waals surface area contributed by atoms with Gasteiger partial charge in [0.15, 0.2) is 0 Å². The third-order valence-electron chi connectivity index (χ3n) is 3.97. The van der Waals surface area contributed by atoms with Crippen molar-refractivity contribution in [2.24, 2.45) is 0 Å². The Hall–Kier alpha value is -1.50. The van der Waals surface area contributed by atoms with E-state index < -0.39 is 0 Å². The number of rotatable bonds is 5. The first kappa shape index (κ1) is 21.5. The SMILES string of the molecule is CC(C)OC(=O)N1CCN(CCN(C(=O)OC(C)C)C(C)(C)C)CC1. The highest BCUT2D eigenvalue weighted by Crippen LogP contribution is 2.16. The van der Waals surface area contributed by atoms with Crippen LogP contribution in [0, 0.1) is 0 Å². The molecule has 0 aromatic rings. The summed E-state index contributed by atoms with van der Waals surface area (Å²) in [4.78, 5) is 30.0. The van der Waals surface area contributed by atoms with E-state index in [4.69, 9.17) is 9.47 Å². The van der Waals surface area contributed by atoms with E-state index in [2.05, 4.69) is 4.90 Å². The van der Waals surface area contributed by atoms with Gasteiger partial charge in [-0.3, -0.25) is 4.90 Å². The van der Waals surface area contributed by atoms with Gasteiger partial charge in [-0.05, 0) is 48.5 Å².